The van der Waals surface area contributed by atoms with Gasteiger partial charge in [-0.2, -0.15) is 0 Å². The van der Waals surface area contributed by atoms with Crippen LogP contribution in [-0.4, -0.2) is 16.6 Å². The van der Waals surface area contributed by atoms with Gasteiger partial charge in [0.05, 0.1) is 16.7 Å². The number of hydrogen-bond acceptors (Lipinski definition) is 2. The summed E-state index contributed by atoms with van der Waals surface area (Å²) in [5.74, 6) is 0. The Bertz CT molecular complexity index is 729. The maximum atomic E-state index is 5.32. The predicted molar refractivity (Wildman–Crippen MR) is 89.1 cm³/mol. The van der Waals surface area contributed by atoms with Crippen molar-refractivity contribution in [2.24, 2.45) is 0 Å². The summed E-state index contributed by atoms with van der Waals surface area (Å²) in [6.45, 7) is 2.82. The molecular formula is C16H15N3S. The van der Waals surface area contributed by atoms with Crippen LogP contribution in [0.15, 0.2) is 48.5 Å². The highest BCUT2D eigenvalue weighted by molar-refractivity contribution is 7.80. The van der Waals surface area contributed by atoms with Crippen molar-refractivity contribution in [3.05, 3.63) is 48.5 Å². The van der Waals surface area contributed by atoms with E-state index in [9.17, 15) is 0 Å². The standard InChI is InChI=1S/C16H15N3S/c1-2-17-16(20)19-15-11-7-3-5-9-13(11)18-14-10-6-4-8-12(14)15/h3-10H,2H2,1H3,(H2,17,18,19,20). The smallest absolute Gasteiger partial charge is 0.170 e. The molecule has 1 heterocycles. The van der Waals surface area contributed by atoms with Crippen LogP contribution in [0.25, 0.3) is 21.8 Å². The number of aromatic nitrogens is 1. The van der Waals surface area contributed by atoms with Crippen LogP contribution in [0.5, 0.6) is 0 Å². The van der Waals surface area contributed by atoms with Gasteiger partial charge in [0.1, 0.15) is 0 Å². The number of fused-ring (bicyclic) bond motifs is 2. The van der Waals surface area contributed by atoms with E-state index in [1.807, 2.05) is 43.3 Å². The van der Waals surface area contributed by atoms with Gasteiger partial charge in [-0.25, -0.2) is 4.98 Å². The molecule has 2 aromatic carbocycles. The van der Waals surface area contributed by atoms with E-state index in [1.165, 1.54) is 0 Å². The van der Waals surface area contributed by atoms with Gasteiger partial charge < -0.3 is 10.6 Å². The molecule has 2 N–H and O–H groups in total. The molecular weight excluding hydrogens is 266 g/mol. The van der Waals surface area contributed by atoms with Gasteiger partial charge in [-0.05, 0) is 31.3 Å². The second-order valence-corrected chi connectivity index (χ2v) is 4.91. The van der Waals surface area contributed by atoms with Crippen LogP contribution in [0.1, 0.15) is 6.92 Å². The Labute approximate surface area is 123 Å². The highest BCUT2D eigenvalue weighted by Gasteiger charge is 2.09. The topological polar surface area (TPSA) is 37.0 Å². The van der Waals surface area contributed by atoms with Crippen molar-refractivity contribution < 1.29 is 0 Å². The first kappa shape index (κ1) is 12.8. The molecule has 0 aliphatic rings. The van der Waals surface area contributed by atoms with E-state index in [-0.39, 0.29) is 0 Å². The quantitative estimate of drug-likeness (QED) is 0.555. The van der Waals surface area contributed by atoms with E-state index >= 15 is 0 Å². The van der Waals surface area contributed by atoms with Gasteiger partial charge in [0.2, 0.25) is 0 Å². The van der Waals surface area contributed by atoms with Crippen LogP contribution in [-0.2, 0) is 0 Å². The molecule has 4 heteroatoms. The molecule has 0 fully saturated rings. The Hall–Kier alpha value is -2.20. The van der Waals surface area contributed by atoms with Crippen molar-refractivity contribution in [1.29, 1.82) is 0 Å². The summed E-state index contributed by atoms with van der Waals surface area (Å²) in [6, 6.07) is 16.2. The molecule has 20 heavy (non-hydrogen) atoms. The first-order valence-electron chi connectivity index (χ1n) is 6.62. The van der Waals surface area contributed by atoms with Crippen LogP contribution >= 0.6 is 12.2 Å². The zero-order valence-corrected chi connectivity index (χ0v) is 12.0. The molecule has 0 radical (unpaired) electrons. The van der Waals surface area contributed by atoms with E-state index < -0.39 is 0 Å². The summed E-state index contributed by atoms with van der Waals surface area (Å²) >= 11 is 5.32. The molecule has 1 aromatic heterocycles. The molecule has 100 valence electrons. The third-order valence-corrected chi connectivity index (χ3v) is 3.41. The van der Waals surface area contributed by atoms with Gasteiger partial charge in [-0.1, -0.05) is 36.4 Å². The Morgan fingerprint density at radius 2 is 1.55 bits per heavy atom. The summed E-state index contributed by atoms with van der Waals surface area (Å²) in [7, 11) is 0. The second kappa shape index (κ2) is 5.43. The van der Waals surface area contributed by atoms with Crippen molar-refractivity contribution in [2.75, 3.05) is 11.9 Å². The summed E-state index contributed by atoms with van der Waals surface area (Å²) in [5.41, 5.74) is 2.94. The Morgan fingerprint density at radius 1 is 1.00 bits per heavy atom. The molecule has 0 saturated carbocycles. The first-order valence-corrected chi connectivity index (χ1v) is 7.02. The van der Waals surface area contributed by atoms with Crippen LogP contribution in [0.3, 0.4) is 0 Å². The van der Waals surface area contributed by atoms with E-state index in [1.54, 1.807) is 0 Å². The van der Waals surface area contributed by atoms with Gasteiger partial charge in [-0.3, -0.25) is 0 Å². The lowest BCUT2D eigenvalue weighted by molar-refractivity contribution is 0.980. The van der Waals surface area contributed by atoms with Crippen LogP contribution in [0.4, 0.5) is 5.69 Å². The molecule has 3 rings (SSSR count). The minimum absolute atomic E-state index is 0.633. The zero-order chi connectivity index (χ0) is 13.9. The van der Waals surface area contributed by atoms with Gasteiger partial charge >= 0.3 is 0 Å². The fourth-order valence-electron chi connectivity index (χ4n) is 2.29. The number of pyridine rings is 1. The highest BCUT2D eigenvalue weighted by atomic mass is 32.1. The van der Waals surface area contributed by atoms with Crippen LogP contribution in [0, 0.1) is 0 Å². The average Bonchev–Trinajstić information content (AvgIpc) is 2.47. The Kier molecular flexibility index (Phi) is 3.48. The van der Waals surface area contributed by atoms with Crippen molar-refractivity contribution in [3.8, 4) is 0 Å². The molecule has 3 nitrogen and oxygen atoms in total. The molecule has 0 atom stereocenters. The van der Waals surface area contributed by atoms with Crippen molar-refractivity contribution in [3.63, 3.8) is 0 Å². The summed E-state index contributed by atoms with van der Waals surface area (Å²) < 4.78 is 0. The summed E-state index contributed by atoms with van der Waals surface area (Å²) in [5, 5.41) is 9.22. The second-order valence-electron chi connectivity index (χ2n) is 4.51. The zero-order valence-electron chi connectivity index (χ0n) is 11.2. The fraction of sp³-hybridized carbons (Fsp3) is 0.125. The van der Waals surface area contributed by atoms with Gasteiger partial charge in [0, 0.05) is 17.3 Å². The van der Waals surface area contributed by atoms with Crippen LogP contribution in [0.2, 0.25) is 0 Å². The predicted octanol–water partition coefficient (Wildman–Crippen LogP) is 3.69. The van der Waals surface area contributed by atoms with Crippen LogP contribution < -0.4 is 10.6 Å². The molecule has 0 aliphatic heterocycles. The molecule has 0 unspecified atom stereocenters. The lowest BCUT2D eigenvalue weighted by atomic mass is 10.1. The molecule has 3 aromatic rings. The molecule has 0 spiro atoms. The minimum Gasteiger partial charge on any atom is -0.363 e. The van der Waals surface area contributed by atoms with Gasteiger partial charge in [0.25, 0.3) is 0 Å². The van der Waals surface area contributed by atoms with Crippen molar-refractivity contribution in [2.45, 2.75) is 6.92 Å². The maximum Gasteiger partial charge on any atom is 0.170 e. The summed E-state index contributed by atoms with van der Waals surface area (Å²) in [4.78, 5) is 4.69. The third-order valence-electron chi connectivity index (χ3n) is 3.16. The van der Waals surface area contributed by atoms with E-state index in [2.05, 4.69) is 27.8 Å². The number of hydrogen-bond donors (Lipinski definition) is 2. The largest absolute Gasteiger partial charge is 0.363 e. The van der Waals surface area contributed by atoms with Crippen molar-refractivity contribution >= 4 is 44.8 Å². The number of thiocarbonyl (C=S) groups is 1. The molecule has 0 aliphatic carbocycles. The first-order chi connectivity index (χ1) is 9.79. The van der Waals surface area contributed by atoms with E-state index in [0.717, 1.165) is 34.0 Å². The van der Waals surface area contributed by atoms with E-state index in [0.29, 0.717) is 5.11 Å². The van der Waals surface area contributed by atoms with Gasteiger partial charge in [-0.15, -0.1) is 0 Å². The van der Waals surface area contributed by atoms with E-state index in [4.69, 9.17) is 12.2 Å². The fourth-order valence-corrected chi connectivity index (χ4v) is 2.54. The monoisotopic (exact) mass is 281 g/mol. The number of rotatable bonds is 2. The lowest BCUT2D eigenvalue weighted by Crippen LogP contribution is -2.28. The number of nitrogens with zero attached hydrogens (tertiary/aromatic N) is 1. The molecule has 0 amide bonds. The number of anilines is 1. The van der Waals surface area contributed by atoms with Gasteiger partial charge in [0.15, 0.2) is 5.11 Å². The highest BCUT2D eigenvalue weighted by Crippen LogP contribution is 2.30. The normalized spacial score (nSPS) is 10.7. The lowest BCUT2D eigenvalue weighted by Gasteiger charge is -2.14. The average molecular weight is 281 g/mol. The Morgan fingerprint density at radius 3 is 2.10 bits per heavy atom. The minimum atomic E-state index is 0.633. The summed E-state index contributed by atoms with van der Waals surface area (Å²) in [6.07, 6.45) is 0. The number of benzene rings is 2. The number of para-hydroxylation sites is 2. The molecule has 0 saturated heterocycles. The third kappa shape index (κ3) is 2.30. The molecule has 0 bridgehead atoms. The maximum absolute atomic E-state index is 5.32. The Balaban J connectivity index is 2.25. The van der Waals surface area contributed by atoms with Crippen molar-refractivity contribution in [1.82, 2.24) is 10.3 Å². The number of nitrogens with one attached hydrogen (secondary N) is 2. The SMILES string of the molecule is CCNC(=S)Nc1c2ccccc2nc2ccccc12.